The maximum atomic E-state index is 12.4. The van der Waals surface area contributed by atoms with Gasteiger partial charge >= 0.3 is 0 Å². The van der Waals surface area contributed by atoms with Gasteiger partial charge in [-0.25, -0.2) is 0 Å². The Hall–Kier alpha value is -2.89. The first-order valence-electron chi connectivity index (χ1n) is 7.14. The summed E-state index contributed by atoms with van der Waals surface area (Å²) in [4.78, 5) is 26.2. The number of carbonyl (C=O) groups is 1. The van der Waals surface area contributed by atoms with E-state index in [0.29, 0.717) is 12.1 Å². The number of carbonyl (C=O) groups excluding carboxylic acids is 1. The second-order valence-corrected chi connectivity index (χ2v) is 5.53. The number of non-ortho nitro benzene ring substituents is 1. The molecule has 2 aromatic carbocycles. The van der Waals surface area contributed by atoms with Gasteiger partial charge in [0.2, 0.25) is 0 Å². The van der Waals surface area contributed by atoms with Crippen molar-refractivity contribution < 1.29 is 9.72 Å². The van der Waals surface area contributed by atoms with Crippen LogP contribution < -0.4 is 4.90 Å². The molecule has 0 atom stereocenters. The summed E-state index contributed by atoms with van der Waals surface area (Å²) >= 11 is 0. The lowest BCUT2D eigenvalue weighted by Crippen LogP contribution is -2.26. The van der Waals surface area contributed by atoms with E-state index in [9.17, 15) is 14.9 Å². The second-order valence-electron chi connectivity index (χ2n) is 5.53. The molecule has 0 aliphatic rings. The van der Waals surface area contributed by atoms with Gasteiger partial charge < -0.3 is 9.80 Å². The number of amides is 1. The fourth-order valence-electron chi connectivity index (χ4n) is 2.22. The quantitative estimate of drug-likeness (QED) is 0.629. The van der Waals surface area contributed by atoms with Crippen LogP contribution in [-0.2, 0) is 6.54 Å². The Bertz CT molecular complexity index is 711. The van der Waals surface area contributed by atoms with Crippen LogP contribution in [0, 0.1) is 10.1 Å². The smallest absolute Gasteiger partial charge is 0.270 e. The first-order valence-corrected chi connectivity index (χ1v) is 7.14. The minimum atomic E-state index is -0.503. The van der Waals surface area contributed by atoms with Crippen LogP contribution in [0.15, 0.2) is 48.5 Å². The fourth-order valence-corrected chi connectivity index (χ4v) is 2.22. The van der Waals surface area contributed by atoms with E-state index in [2.05, 4.69) is 0 Å². The maximum absolute atomic E-state index is 12.4. The van der Waals surface area contributed by atoms with E-state index in [0.717, 1.165) is 11.3 Å². The predicted molar refractivity (Wildman–Crippen MR) is 89.7 cm³/mol. The number of benzene rings is 2. The summed E-state index contributed by atoms with van der Waals surface area (Å²) in [7, 11) is 5.61. The highest BCUT2D eigenvalue weighted by Gasteiger charge is 2.15. The van der Waals surface area contributed by atoms with Crippen molar-refractivity contribution in [1.82, 2.24) is 4.90 Å². The highest BCUT2D eigenvalue weighted by molar-refractivity contribution is 5.94. The van der Waals surface area contributed by atoms with Crippen LogP contribution in [0.1, 0.15) is 15.9 Å². The Kier molecular flexibility index (Phi) is 4.95. The predicted octanol–water partition coefficient (Wildman–Crippen LogP) is 2.93. The zero-order valence-electron chi connectivity index (χ0n) is 13.4. The van der Waals surface area contributed by atoms with Gasteiger partial charge in [-0.15, -0.1) is 0 Å². The van der Waals surface area contributed by atoms with Gasteiger partial charge in [0.1, 0.15) is 0 Å². The molecule has 0 saturated carbocycles. The Morgan fingerprint density at radius 1 is 1.09 bits per heavy atom. The molecule has 120 valence electrons. The molecule has 0 saturated heterocycles. The summed E-state index contributed by atoms with van der Waals surface area (Å²) in [5.74, 6) is -0.245. The van der Waals surface area contributed by atoms with E-state index in [1.54, 1.807) is 18.0 Å². The van der Waals surface area contributed by atoms with Crippen molar-refractivity contribution in [2.45, 2.75) is 6.54 Å². The van der Waals surface area contributed by atoms with Crippen LogP contribution >= 0.6 is 0 Å². The summed E-state index contributed by atoms with van der Waals surface area (Å²) in [6.07, 6.45) is 0. The van der Waals surface area contributed by atoms with Gasteiger partial charge in [-0.05, 0) is 23.8 Å². The van der Waals surface area contributed by atoms with E-state index in [-0.39, 0.29) is 11.6 Å². The maximum Gasteiger partial charge on any atom is 0.270 e. The van der Waals surface area contributed by atoms with E-state index >= 15 is 0 Å². The van der Waals surface area contributed by atoms with Crippen LogP contribution in [-0.4, -0.2) is 36.9 Å². The first-order chi connectivity index (χ1) is 10.9. The molecule has 0 bridgehead atoms. The number of hydrogen-bond acceptors (Lipinski definition) is 4. The molecule has 0 unspecified atom stereocenters. The van der Waals surface area contributed by atoms with Crippen LogP contribution in [0.3, 0.4) is 0 Å². The molecule has 0 aliphatic carbocycles. The molecule has 0 aromatic heterocycles. The van der Waals surface area contributed by atoms with E-state index < -0.39 is 4.92 Å². The number of rotatable bonds is 5. The number of nitrogens with zero attached hydrogens (tertiary/aromatic N) is 3. The van der Waals surface area contributed by atoms with E-state index in [1.807, 2.05) is 43.3 Å². The van der Waals surface area contributed by atoms with Crippen molar-refractivity contribution >= 4 is 17.3 Å². The molecule has 23 heavy (non-hydrogen) atoms. The molecule has 0 fully saturated rings. The Morgan fingerprint density at radius 2 is 1.74 bits per heavy atom. The van der Waals surface area contributed by atoms with Crippen molar-refractivity contribution in [3.63, 3.8) is 0 Å². The summed E-state index contributed by atoms with van der Waals surface area (Å²) in [6.45, 7) is 0.440. The molecule has 0 heterocycles. The summed E-state index contributed by atoms with van der Waals surface area (Å²) in [5, 5.41) is 10.8. The third-order valence-electron chi connectivity index (χ3n) is 3.52. The van der Waals surface area contributed by atoms with Gasteiger partial charge in [-0.2, -0.15) is 0 Å². The number of anilines is 1. The molecule has 2 aromatic rings. The average Bonchev–Trinajstić information content (AvgIpc) is 2.54. The van der Waals surface area contributed by atoms with Crippen molar-refractivity contribution in [2.24, 2.45) is 0 Å². The van der Waals surface area contributed by atoms with Crippen molar-refractivity contribution in [2.75, 3.05) is 26.0 Å². The van der Waals surface area contributed by atoms with Crippen molar-refractivity contribution in [1.29, 1.82) is 0 Å². The van der Waals surface area contributed by atoms with Crippen LogP contribution in [0.5, 0.6) is 0 Å². The van der Waals surface area contributed by atoms with Gasteiger partial charge in [-0.3, -0.25) is 14.9 Å². The normalized spacial score (nSPS) is 10.2. The molecular formula is C17H19N3O3. The molecule has 0 spiro atoms. The Balaban J connectivity index is 2.10. The van der Waals surface area contributed by atoms with Crippen LogP contribution in [0.2, 0.25) is 0 Å². The molecule has 6 nitrogen and oxygen atoms in total. The van der Waals surface area contributed by atoms with Crippen LogP contribution in [0.4, 0.5) is 11.4 Å². The topological polar surface area (TPSA) is 66.7 Å². The SMILES string of the molecule is CN(Cc1ccc(N(C)C)cc1)C(=O)c1cccc([N+](=O)[O-])c1. The lowest BCUT2D eigenvalue weighted by Gasteiger charge is -2.18. The standard InChI is InChI=1S/C17H19N3O3/c1-18(2)15-9-7-13(8-10-15)12-19(3)17(21)14-5-4-6-16(11-14)20(22)23/h4-11H,12H2,1-3H3. The average molecular weight is 313 g/mol. The second kappa shape index (κ2) is 6.91. The fraction of sp³-hybridized carbons (Fsp3) is 0.235. The van der Waals surface area contributed by atoms with Gasteiger partial charge in [-0.1, -0.05) is 18.2 Å². The highest BCUT2D eigenvalue weighted by Crippen LogP contribution is 2.17. The molecule has 0 N–H and O–H groups in total. The molecule has 1 amide bonds. The summed E-state index contributed by atoms with van der Waals surface area (Å²) in [6, 6.07) is 13.7. The zero-order valence-corrected chi connectivity index (χ0v) is 13.4. The summed E-state index contributed by atoms with van der Waals surface area (Å²) < 4.78 is 0. The number of nitro benzene ring substituents is 1. The Morgan fingerprint density at radius 3 is 2.30 bits per heavy atom. The zero-order chi connectivity index (χ0) is 17.0. The monoisotopic (exact) mass is 313 g/mol. The lowest BCUT2D eigenvalue weighted by atomic mass is 10.1. The van der Waals surface area contributed by atoms with E-state index in [1.165, 1.54) is 18.2 Å². The van der Waals surface area contributed by atoms with Crippen molar-refractivity contribution in [3.8, 4) is 0 Å². The van der Waals surface area contributed by atoms with Gasteiger partial charge in [0.25, 0.3) is 11.6 Å². The molecule has 0 aliphatic heterocycles. The van der Waals surface area contributed by atoms with E-state index in [4.69, 9.17) is 0 Å². The lowest BCUT2D eigenvalue weighted by molar-refractivity contribution is -0.384. The third kappa shape index (κ3) is 4.06. The number of nitro groups is 1. The van der Waals surface area contributed by atoms with Crippen molar-refractivity contribution in [3.05, 3.63) is 69.8 Å². The third-order valence-corrected chi connectivity index (χ3v) is 3.52. The van der Waals surface area contributed by atoms with Gasteiger partial charge in [0.15, 0.2) is 0 Å². The largest absolute Gasteiger partial charge is 0.378 e. The Labute approximate surface area is 135 Å². The molecule has 2 rings (SSSR count). The minimum Gasteiger partial charge on any atom is -0.378 e. The highest BCUT2D eigenvalue weighted by atomic mass is 16.6. The van der Waals surface area contributed by atoms with Crippen LogP contribution in [0.25, 0.3) is 0 Å². The first kappa shape index (κ1) is 16.5. The van der Waals surface area contributed by atoms with Gasteiger partial charge in [0, 0.05) is 51.1 Å². The molecular weight excluding hydrogens is 294 g/mol. The minimum absolute atomic E-state index is 0.0837. The van der Waals surface area contributed by atoms with Gasteiger partial charge in [0.05, 0.1) is 4.92 Å². The number of hydrogen-bond donors (Lipinski definition) is 0. The molecule has 0 radical (unpaired) electrons. The molecule has 6 heteroatoms. The summed E-state index contributed by atoms with van der Waals surface area (Å²) in [5.41, 5.74) is 2.31.